The van der Waals surface area contributed by atoms with Crippen LogP contribution in [0, 0.1) is 5.82 Å². The molecule has 0 aliphatic heterocycles. The van der Waals surface area contributed by atoms with Gasteiger partial charge in [-0.15, -0.1) is 11.8 Å². The Kier molecular flexibility index (Phi) is 6.23. The average molecular weight is 371 g/mol. The Morgan fingerprint density at radius 1 is 1.10 bits per heavy atom. The van der Waals surface area contributed by atoms with Gasteiger partial charge in [0.15, 0.2) is 6.29 Å². The van der Waals surface area contributed by atoms with Crippen molar-refractivity contribution in [2.75, 3.05) is 14.2 Å². The lowest BCUT2D eigenvalue weighted by molar-refractivity contribution is -0.106. The normalized spacial score (nSPS) is 11.1. The highest BCUT2D eigenvalue weighted by molar-refractivity contribution is 9.10. The van der Waals surface area contributed by atoms with Crippen LogP contribution in [0.15, 0.2) is 51.8 Å². The summed E-state index contributed by atoms with van der Waals surface area (Å²) in [5.74, 6) is 0.550. The van der Waals surface area contributed by atoms with Crippen molar-refractivity contribution in [2.45, 2.75) is 16.9 Å². The van der Waals surface area contributed by atoms with Gasteiger partial charge in [-0.3, -0.25) is 0 Å². The number of methoxy groups -OCH3 is 2. The summed E-state index contributed by atoms with van der Waals surface area (Å²) in [6, 6.07) is 13.1. The largest absolute Gasteiger partial charge is 0.352 e. The number of hydrogen-bond donors (Lipinski definition) is 0. The second-order valence-corrected chi connectivity index (χ2v) is 6.31. The van der Waals surface area contributed by atoms with Crippen molar-refractivity contribution in [3.8, 4) is 0 Å². The molecule has 2 aromatic rings. The molecule has 0 N–H and O–H groups in total. The van der Waals surface area contributed by atoms with E-state index in [0.29, 0.717) is 4.47 Å². The van der Waals surface area contributed by atoms with E-state index >= 15 is 0 Å². The minimum atomic E-state index is -0.336. The lowest BCUT2D eigenvalue weighted by atomic mass is 10.2. The van der Waals surface area contributed by atoms with E-state index in [4.69, 9.17) is 9.47 Å². The minimum absolute atomic E-state index is 0.238. The number of benzene rings is 2. The highest BCUT2D eigenvalue weighted by Crippen LogP contribution is 2.27. The first kappa shape index (κ1) is 16.5. The van der Waals surface area contributed by atoms with E-state index in [2.05, 4.69) is 15.9 Å². The van der Waals surface area contributed by atoms with E-state index in [1.807, 2.05) is 30.3 Å². The van der Waals surface area contributed by atoms with Gasteiger partial charge in [-0.2, -0.15) is 0 Å². The van der Waals surface area contributed by atoms with E-state index in [9.17, 15) is 4.39 Å². The zero-order chi connectivity index (χ0) is 15.2. The smallest absolute Gasteiger partial charge is 0.183 e. The number of hydrogen-bond acceptors (Lipinski definition) is 3. The SMILES string of the molecule is COC(OC)c1ccc(SCc2ccc(F)c(Br)c2)cc1. The third kappa shape index (κ3) is 4.54. The predicted octanol–water partition coefficient (Wildman–Crippen LogP) is 5.17. The monoisotopic (exact) mass is 370 g/mol. The van der Waals surface area contributed by atoms with Crippen molar-refractivity contribution in [3.63, 3.8) is 0 Å². The van der Waals surface area contributed by atoms with Gasteiger partial charge in [-0.1, -0.05) is 18.2 Å². The molecular weight excluding hydrogens is 355 g/mol. The van der Waals surface area contributed by atoms with Gasteiger partial charge in [-0.25, -0.2) is 4.39 Å². The Balaban J connectivity index is 1.98. The summed E-state index contributed by atoms with van der Waals surface area (Å²) in [6.07, 6.45) is -0.336. The van der Waals surface area contributed by atoms with Crippen LogP contribution in [0.25, 0.3) is 0 Å². The van der Waals surface area contributed by atoms with Crippen LogP contribution in [0.3, 0.4) is 0 Å². The number of rotatable bonds is 6. The molecule has 0 saturated heterocycles. The summed E-state index contributed by atoms with van der Waals surface area (Å²) in [6.45, 7) is 0. The summed E-state index contributed by atoms with van der Waals surface area (Å²) < 4.78 is 24.1. The molecule has 112 valence electrons. The van der Waals surface area contributed by atoms with Gasteiger partial charge in [-0.05, 0) is 45.8 Å². The molecule has 2 aromatic carbocycles. The summed E-state index contributed by atoms with van der Waals surface area (Å²) >= 11 is 4.90. The Morgan fingerprint density at radius 3 is 2.33 bits per heavy atom. The topological polar surface area (TPSA) is 18.5 Å². The molecule has 5 heteroatoms. The van der Waals surface area contributed by atoms with Crippen LogP contribution in [-0.4, -0.2) is 14.2 Å². The number of halogens is 2. The fourth-order valence-electron chi connectivity index (χ4n) is 1.89. The van der Waals surface area contributed by atoms with Crippen molar-refractivity contribution in [2.24, 2.45) is 0 Å². The quantitative estimate of drug-likeness (QED) is 0.516. The summed E-state index contributed by atoms with van der Waals surface area (Å²) in [4.78, 5) is 1.14. The molecule has 0 fully saturated rings. The maximum absolute atomic E-state index is 13.2. The summed E-state index contributed by atoms with van der Waals surface area (Å²) in [5, 5.41) is 0. The lowest BCUT2D eigenvalue weighted by Crippen LogP contribution is -2.02. The van der Waals surface area contributed by atoms with Gasteiger partial charge in [0.1, 0.15) is 5.82 Å². The second kappa shape index (κ2) is 7.94. The van der Waals surface area contributed by atoms with Crippen LogP contribution in [0.1, 0.15) is 17.4 Å². The van der Waals surface area contributed by atoms with E-state index in [1.54, 1.807) is 32.0 Å². The zero-order valence-electron chi connectivity index (χ0n) is 11.8. The fourth-order valence-corrected chi connectivity index (χ4v) is 3.15. The van der Waals surface area contributed by atoms with Crippen LogP contribution >= 0.6 is 27.7 Å². The predicted molar refractivity (Wildman–Crippen MR) is 86.9 cm³/mol. The summed E-state index contributed by atoms with van der Waals surface area (Å²) in [7, 11) is 3.23. The molecule has 0 aliphatic carbocycles. The molecule has 0 aromatic heterocycles. The van der Waals surface area contributed by atoms with E-state index in [-0.39, 0.29) is 12.1 Å². The van der Waals surface area contributed by atoms with E-state index in [0.717, 1.165) is 21.8 Å². The third-order valence-electron chi connectivity index (χ3n) is 2.97. The Hall–Kier alpha value is -0.880. The van der Waals surface area contributed by atoms with Crippen LogP contribution in [0.5, 0.6) is 0 Å². The van der Waals surface area contributed by atoms with Gasteiger partial charge in [0, 0.05) is 30.4 Å². The summed E-state index contributed by atoms with van der Waals surface area (Å²) in [5.41, 5.74) is 2.05. The van der Waals surface area contributed by atoms with Crippen molar-refractivity contribution in [1.82, 2.24) is 0 Å². The average Bonchev–Trinajstić information content (AvgIpc) is 2.51. The van der Waals surface area contributed by atoms with E-state index in [1.165, 1.54) is 6.07 Å². The highest BCUT2D eigenvalue weighted by atomic mass is 79.9. The van der Waals surface area contributed by atoms with Gasteiger partial charge in [0.2, 0.25) is 0 Å². The molecule has 0 spiro atoms. The van der Waals surface area contributed by atoms with Gasteiger partial charge in [0.25, 0.3) is 0 Å². The molecule has 0 heterocycles. The van der Waals surface area contributed by atoms with Crippen molar-refractivity contribution < 1.29 is 13.9 Å². The number of thioether (sulfide) groups is 1. The van der Waals surface area contributed by atoms with Gasteiger partial charge >= 0.3 is 0 Å². The zero-order valence-corrected chi connectivity index (χ0v) is 14.2. The minimum Gasteiger partial charge on any atom is -0.352 e. The first-order chi connectivity index (χ1) is 10.1. The van der Waals surface area contributed by atoms with Crippen molar-refractivity contribution in [1.29, 1.82) is 0 Å². The maximum Gasteiger partial charge on any atom is 0.183 e. The standard InChI is InChI=1S/C16H16BrFO2S/c1-19-16(20-2)12-4-6-13(7-5-12)21-10-11-3-8-15(18)14(17)9-11/h3-9,16H,10H2,1-2H3. The maximum atomic E-state index is 13.2. The first-order valence-corrected chi connectivity index (χ1v) is 8.14. The van der Waals surface area contributed by atoms with Crippen LogP contribution in [0.4, 0.5) is 4.39 Å². The fraction of sp³-hybridized carbons (Fsp3) is 0.250. The third-order valence-corrected chi connectivity index (χ3v) is 4.66. The van der Waals surface area contributed by atoms with Crippen LogP contribution < -0.4 is 0 Å². The molecular formula is C16H16BrFO2S. The Morgan fingerprint density at radius 2 is 1.76 bits per heavy atom. The lowest BCUT2D eigenvalue weighted by Gasteiger charge is -2.13. The molecule has 0 atom stereocenters. The number of ether oxygens (including phenoxy) is 2. The van der Waals surface area contributed by atoms with Gasteiger partial charge in [0.05, 0.1) is 4.47 Å². The first-order valence-electron chi connectivity index (χ1n) is 6.36. The molecule has 0 bridgehead atoms. The molecule has 2 rings (SSSR count). The molecule has 0 amide bonds. The van der Waals surface area contributed by atoms with Gasteiger partial charge < -0.3 is 9.47 Å². The van der Waals surface area contributed by atoms with Crippen LogP contribution in [0.2, 0.25) is 0 Å². The van der Waals surface area contributed by atoms with Crippen molar-refractivity contribution >= 4 is 27.7 Å². The van der Waals surface area contributed by atoms with Crippen molar-refractivity contribution in [3.05, 3.63) is 63.9 Å². The Labute approximate surface area is 136 Å². The van der Waals surface area contributed by atoms with E-state index < -0.39 is 0 Å². The molecule has 2 nitrogen and oxygen atoms in total. The molecule has 21 heavy (non-hydrogen) atoms. The molecule has 0 aliphatic rings. The Bertz CT molecular complexity index is 585. The van der Waals surface area contributed by atoms with Crippen LogP contribution in [-0.2, 0) is 15.2 Å². The molecule has 0 radical (unpaired) electrons. The molecule has 0 unspecified atom stereocenters. The molecule has 0 saturated carbocycles. The second-order valence-electron chi connectivity index (χ2n) is 4.41. The highest BCUT2D eigenvalue weighted by Gasteiger charge is 2.08.